The van der Waals surface area contributed by atoms with Crippen molar-refractivity contribution >= 4 is 23.2 Å². The highest BCUT2D eigenvalue weighted by atomic mass is 35.5. The number of piperidine rings is 1. The number of anilines is 1. The smallest absolute Gasteiger partial charge is 0.224 e. The molecule has 3 nitrogen and oxygen atoms in total. The van der Waals surface area contributed by atoms with E-state index < -0.39 is 5.82 Å². The minimum atomic E-state index is -0.405. The van der Waals surface area contributed by atoms with Crippen LogP contribution in [-0.2, 0) is 4.79 Å². The summed E-state index contributed by atoms with van der Waals surface area (Å²) in [5.74, 6) is 0.0964. The lowest BCUT2D eigenvalue weighted by atomic mass is 9.93. The van der Waals surface area contributed by atoms with E-state index in [2.05, 4.69) is 10.6 Å². The van der Waals surface area contributed by atoms with Crippen LogP contribution in [0.1, 0.15) is 25.7 Å². The summed E-state index contributed by atoms with van der Waals surface area (Å²) in [5.41, 5.74) is 0.344. The Morgan fingerprint density at radius 3 is 2.89 bits per heavy atom. The highest BCUT2D eigenvalue weighted by Gasteiger charge is 2.15. The average molecular weight is 285 g/mol. The fourth-order valence-electron chi connectivity index (χ4n) is 2.31. The third kappa shape index (κ3) is 4.48. The Morgan fingerprint density at radius 2 is 2.16 bits per heavy atom. The monoisotopic (exact) mass is 284 g/mol. The van der Waals surface area contributed by atoms with Crippen molar-refractivity contribution in [2.45, 2.75) is 25.7 Å². The van der Waals surface area contributed by atoms with Crippen molar-refractivity contribution in [3.05, 3.63) is 29.0 Å². The van der Waals surface area contributed by atoms with E-state index >= 15 is 0 Å². The van der Waals surface area contributed by atoms with E-state index in [9.17, 15) is 9.18 Å². The molecular weight excluding hydrogens is 267 g/mol. The molecule has 1 aromatic rings. The van der Waals surface area contributed by atoms with E-state index in [0.717, 1.165) is 32.4 Å². The first-order chi connectivity index (χ1) is 9.15. The van der Waals surface area contributed by atoms with E-state index in [1.54, 1.807) is 0 Å². The molecule has 0 spiro atoms. The Bertz CT molecular complexity index is 447. The molecule has 0 aliphatic carbocycles. The second kappa shape index (κ2) is 6.87. The summed E-state index contributed by atoms with van der Waals surface area (Å²) in [5, 5.41) is 6.32. The molecule has 0 bridgehead atoms. The molecule has 104 valence electrons. The van der Waals surface area contributed by atoms with Crippen LogP contribution in [0.25, 0.3) is 0 Å². The second-order valence-corrected chi connectivity index (χ2v) is 5.31. The summed E-state index contributed by atoms with van der Waals surface area (Å²) in [6.45, 7) is 2.06. The highest BCUT2D eigenvalue weighted by molar-refractivity contribution is 6.33. The zero-order valence-electron chi connectivity index (χ0n) is 10.7. The summed E-state index contributed by atoms with van der Waals surface area (Å²) in [6.07, 6.45) is 3.57. The topological polar surface area (TPSA) is 41.1 Å². The molecular formula is C14H18ClFN2O. The maximum absolute atomic E-state index is 13.1. The molecule has 1 aromatic carbocycles. The summed E-state index contributed by atoms with van der Waals surface area (Å²) in [4.78, 5) is 11.8. The summed E-state index contributed by atoms with van der Waals surface area (Å²) in [7, 11) is 0. The van der Waals surface area contributed by atoms with Crippen molar-refractivity contribution in [2.24, 2.45) is 5.92 Å². The van der Waals surface area contributed by atoms with Crippen molar-refractivity contribution < 1.29 is 9.18 Å². The zero-order chi connectivity index (χ0) is 13.7. The molecule has 1 fully saturated rings. The molecule has 0 atom stereocenters. The molecule has 0 aromatic heterocycles. The van der Waals surface area contributed by atoms with Gasteiger partial charge in [0.15, 0.2) is 0 Å². The van der Waals surface area contributed by atoms with Gasteiger partial charge in [-0.25, -0.2) is 4.39 Å². The number of halogens is 2. The van der Waals surface area contributed by atoms with Gasteiger partial charge in [-0.05, 0) is 56.5 Å². The Hall–Kier alpha value is -1.13. The fourth-order valence-corrected chi connectivity index (χ4v) is 2.48. The van der Waals surface area contributed by atoms with Gasteiger partial charge in [-0.15, -0.1) is 0 Å². The molecule has 1 amide bonds. The van der Waals surface area contributed by atoms with Crippen LogP contribution in [0.5, 0.6) is 0 Å². The molecule has 1 heterocycles. The van der Waals surface area contributed by atoms with Crippen molar-refractivity contribution in [3.63, 3.8) is 0 Å². The van der Waals surface area contributed by atoms with Gasteiger partial charge in [-0.3, -0.25) is 4.79 Å². The number of carbonyl (C=O) groups excluding carboxylic acids is 1. The van der Waals surface area contributed by atoms with Crippen molar-refractivity contribution in [2.75, 3.05) is 18.4 Å². The van der Waals surface area contributed by atoms with Gasteiger partial charge in [-0.2, -0.15) is 0 Å². The molecule has 2 N–H and O–H groups in total. The van der Waals surface area contributed by atoms with Gasteiger partial charge in [0.05, 0.1) is 10.7 Å². The molecule has 19 heavy (non-hydrogen) atoms. The molecule has 0 radical (unpaired) electrons. The number of benzene rings is 1. The molecule has 5 heteroatoms. The first-order valence-electron chi connectivity index (χ1n) is 6.61. The van der Waals surface area contributed by atoms with Gasteiger partial charge < -0.3 is 10.6 Å². The number of nitrogens with one attached hydrogen (secondary N) is 2. The standard InChI is InChI=1S/C14H18ClFN2O/c15-12-3-2-11(16)9-13(12)18-14(19)4-1-10-5-7-17-8-6-10/h2-3,9-10,17H,1,4-8H2,(H,18,19). The Labute approximate surface area is 117 Å². The number of carbonyl (C=O) groups is 1. The first-order valence-corrected chi connectivity index (χ1v) is 6.98. The predicted octanol–water partition coefficient (Wildman–Crippen LogP) is 3.20. The van der Waals surface area contributed by atoms with E-state index in [0.29, 0.717) is 23.0 Å². The van der Waals surface area contributed by atoms with Crippen LogP contribution in [0.3, 0.4) is 0 Å². The molecule has 0 unspecified atom stereocenters. The Kier molecular flexibility index (Phi) is 5.16. The van der Waals surface area contributed by atoms with Crippen LogP contribution >= 0.6 is 11.6 Å². The normalized spacial score (nSPS) is 16.3. The van der Waals surface area contributed by atoms with Gasteiger partial charge in [-0.1, -0.05) is 11.6 Å². The number of rotatable bonds is 4. The summed E-state index contributed by atoms with van der Waals surface area (Å²) in [6, 6.07) is 3.96. The Morgan fingerprint density at radius 1 is 1.42 bits per heavy atom. The SMILES string of the molecule is O=C(CCC1CCNCC1)Nc1cc(F)ccc1Cl. The van der Waals surface area contributed by atoms with E-state index in [-0.39, 0.29) is 5.91 Å². The number of hydrogen-bond acceptors (Lipinski definition) is 2. The molecule has 1 saturated heterocycles. The van der Waals surface area contributed by atoms with Crippen molar-refractivity contribution in [3.8, 4) is 0 Å². The third-order valence-electron chi connectivity index (χ3n) is 3.44. The summed E-state index contributed by atoms with van der Waals surface area (Å²) >= 11 is 5.90. The second-order valence-electron chi connectivity index (χ2n) is 4.90. The van der Waals surface area contributed by atoms with Gasteiger partial charge in [0.1, 0.15) is 5.82 Å². The van der Waals surface area contributed by atoms with Crippen LogP contribution in [0.2, 0.25) is 5.02 Å². The average Bonchev–Trinajstić information content (AvgIpc) is 2.42. The van der Waals surface area contributed by atoms with E-state index in [1.165, 1.54) is 18.2 Å². The van der Waals surface area contributed by atoms with Crippen LogP contribution in [0.15, 0.2) is 18.2 Å². The van der Waals surface area contributed by atoms with Gasteiger partial charge in [0, 0.05) is 6.42 Å². The van der Waals surface area contributed by atoms with Gasteiger partial charge >= 0.3 is 0 Å². The third-order valence-corrected chi connectivity index (χ3v) is 3.77. The van der Waals surface area contributed by atoms with Crippen LogP contribution in [0, 0.1) is 11.7 Å². The number of amides is 1. The lowest BCUT2D eigenvalue weighted by molar-refractivity contribution is -0.116. The van der Waals surface area contributed by atoms with Gasteiger partial charge in [0.2, 0.25) is 5.91 Å². The quantitative estimate of drug-likeness (QED) is 0.891. The molecule has 1 aliphatic rings. The van der Waals surface area contributed by atoms with E-state index in [1.807, 2.05) is 0 Å². The van der Waals surface area contributed by atoms with Crippen molar-refractivity contribution in [1.82, 2.24) is 5.32 Å². The van der Waals surface area contributed by atoms with Crippen LogP contribution < -0.4 is 10.6 Å². The largest absolute Gasteiger partial charge is 0.325 e. The maximum Gasteiger partial charge on any atom is 0.224 e. The fraction of sp³-hybridized carbons (Fsp3) is 0.500. The molecule has 1 aliphatic heterocycles. The van der Waals surface area contributed by atoms with Crippen LogP contribution in [0.4, 0.5) is 10.1 Å². The lowest BCUT2D eigenvalue weighted by Crippen LogP contribution is -2.28. The zero-order valence-corrected chi connectivity index (χ0v) is 11.5. The maximum atomic E-state index is 13.1. The van der Waals surface area contributed by atoms with Crippen LogP contribution in [-0.4, -0.2) is 19.0 Å². The van der Waals surface area contributed by atoms with Crippen molar-refractivity contribution in [1.29, 1.82) is 0 Å². The molecule has 0 saturated carbocycles. The lowest BCUT2D eigenvalue weighted by Gasteiger charge is -2.22. The predicted molar refractivity (Wildman–Crippen MR) is 74.9 cm³/mol. The van der Waals surface area contributed by atoms with Gasteiger partial charge in [0.25, 0.3) is 0 Å². The number of hydrogen-bond donors (Lipinski definition) is 2. The minimum absolute atomic E-state index is 0.106. The van der Waals surface area contributed by atoms with E-state index in [4.69, 9.17) is 11.6 Å². The summed E-state index contributed by atoms with van der Waals surface area (Å²) < 4.78 is 13.1. The first kappa shape index (κ1) is 14.3. The molecule has 2 rings (SSSR count). The minimum Gasteiger partial charge on any atom is -0.325 e. The Balaban J connectivity index is 1.81. The highest BCUT2D eigenvalue weighted by Crippen LogP contribution is 2.23.